The Hall–Kier alpha value is -0.570. The zero-order valence-corrected chi connectivity index (χ0v) is 6.88. The fourth-order valence-corrected chi connectivity index (χ4v) is 1.35. The molecule has 0 aromatic carbocycles. The molecule has 1 aliphatic heterocycles. The van der Waals surface area contributed by atoms with Crippen LogP contribution in [-0.2, 0) is 9.53 Å². The third kappa shape index (κ3) is 2.19. The summed E-state index contributed by atoms with van der Waals surface area (Å²) in [6.07, 6.45) is 2.68. The Kier molecular flexibility index (Phi) is 2.88. The average molecular weight is 157 g/mol. The Balaban J connectivity index is 2.30. The summed E-state index contributed by atoms with van der Waals surface area (Å²) in [7, 11) is 0. The van der Waals surface area contributed by atoms with Gasteiger partial charge in [-0.3, -0.25) is 4.79 Å². The van der Waals surface area contributed by atoms with E-state index in [9.17, 15) is 4.79 Å². The highest BCUT2D eigenvalue weighted by Gasteiger charge is 2.23. The van der Waals surface area contributed by atoms with Crippen LogP contribution in [0.2, 0.25) is 0 Å². The second kappa shape index (κ2) is 3.72. The summed E-state index contributed by atoms with van der Waals surface area (Å²) in [6, 6.07) is 0. The van der Waals surface area contributed by atoms with Gasteiger partial charge in [-0.2, -0.15) is 0 Å². The van der Waals surface area contributed by atoms with Crippen LogP contribution in [0.1, 0.15) is 26.2 Å². The Labute approximate surface area is 66.9 Å². The first-order chi connectivity index (χ1) is 5.24. The first-order valence-corrected chi connectivity index (χ1v) is 4.15. The molecule has 0 radical (unpaired) electrons. The number of nitrogens with two attached hydrogens (primary N) is 1. The van der Waals surface area contributed by atoms with Gasteiger partial charge in [0.15, 0.2) is 0 Å². The number of ether oxygens (including phenoxy) is 1. The van der Waals surface area contributed by atoms with Crippen LogP contribution in [0.15, 0.2) is 0 Å². The predicted octanol–water partition coefficient (Wildman–Crippen LogP) is 0.677. The van der Waals surface area contributed by atoms with Crippen molar-refractivity contribution in [3.8, 4) is 0 Å². The van der Waals surface area contributed by atoms with Crippen LogP contribution in [0.3, 0.4) is 0 Å². The zero-order valence-electron chi connectivity index (χ0n) is 6.88. The van der Waals surface area contributed by atoms with Gasteiger partial charge in [-0.05, 0) is 18.8 Å². The van der Waals surface area contributed by atoms with E-state index in [1.807, 2.05) is 0 Å². The van der Waals surface area contributed by atoms with Crippen molar-refractivity contribution >= 4 is 5.91 Å². The fourth-order valence-electron chi connectivity index (χ4n) is 1.35. The standard InChI is InChI=1S/C8H15NO2/c1-2-6-3-4-7(8(9)10)11-5-6/h6-7H,2-5H2,1H3,(H2,9,10). The normalized spacial score (nSPS) is 31.7. The van der Waals surface area contributed by atoms with Crippen LogP contribution in [0.25, 0.3) is 0 Å². The lowest BCUT2D eigenvalue weighted by Gasteiger charge is -2.26. The maximum absolute atomic E-state index is 10.6. The van der Waals surface area contributed by atoms with Crippen LogP contribution in [-0.4, -0.2) is 18.6 Å². The van der Waals surface area contributed by atoms with E-state index in [-0.39, 0.29) is 12.0 Å². The Morgan fingerprint density at radius 3 is 2.73 bits per heavy atom. The van der Waals surface area contributed by atoms with Crippen molar-refractivity contribution in [1.82, 2.24) is 0 Å². The first kappa shape index (κ1) is 8.53. The Morgan fingerprint density at radius 2 is 2.36 bits per heavy atom. The molecule has 0 aromatic heterocycles. The number of hydrogen-bond acceptors (Lipinski definition) is 2. The van der Waals surface area contributed by atoms with Gasteiger partial charge >= 0.3 is 0 Å². The first-order valence-electron chi connectivity index (χ1n) is 4.15. The SMILES string of the molecule is CCC1CCC(C(N)=O)OC1. The van der Waals surface area contributed by atoms with Gasteiger partial charge in [-0.25, -0.2) is 0 Å². The number of rotatable bonds is 2. The van der Waals surface area contributed by atoms with Crippen molar-refractivity contribution in [1.29, 1.82) is 0 Å². The summed E-state index contributed by atoms with van der Waals surface area (Å²) < 4.78 is 5.27. The van der Waals surface area contributed by atoms with Crippen molar-refractivity contribution < 1.29 is 9.53 Å². The molecule has 1 rings (SSSR count). The summed E-state index contributed by atoms with van der Waals surface area (Å²) in [5, 5.41) is 0. The van der Waals surface area contributed by atoms with E-state index in [4.69, 9.17) is 10.5 Å². The molecule has 11 heavy (non-hydrogen) atoms. The highest BCUT2D eigenvalue weighted by atomic mass is 16.5. The van der Waals surface area contributed by atoms with Crippen molar-refractivity contribution in [2.45, 2.75) is 32.3 Å². The van der Waals surface area contributed by atoms with E-state index in [0.29, 0.717) is 12.5 Å². The smallest absolute Gasteiger partial charge is 0.246 e. The number of carbonyl (C=O) groups is 1. The molecular weight excluding hydrogens is 142 g/mol. The largest absolute Gasteiger partial charge is 0.368 e. The Morgan fingerprint density at radius 1 is 1.64 bits per heavy atom. The highest BCUT2D eigenvalue weighted by molar-refractivity contribution is 5.78. The van der Waals surface area contributed by atoms with E-state index >= 15 is 0 Å². The summed E-state index contributed by atoms with van der Waals surface area (Å²) in [6.45, 7) is 2.84. The lowest BCUT2D eigenvalue weighted by molar-refractivity contribution is -0.134. The van der Waals surface area contributed by atoms with Crippen molar-refractivity contribution in [2.24, 2.45) is 11.7 Å². The molecule has 2 N–H and O–H groups in total. The molecule has 0 aliphatic carbocycles. The molecule has 0 bridgehead atoms. The van der Waals surface area contributed by atoms with Crippen molar-refractivity contribution in [2.75, 3.05) is 6.61 Å². The van der Waals surface area contributed by atoms with Gasteiger partial charge in [0.2, 0.25) is 5.91 Å². The van der Waals surface area contributed by atoms with Crippen LogP contribution in [0.5, 0.6) is 0 Å². The Bertz CT molecular complexity index is 139. The second-order valence-corrected chi connectivity index (χ2v) is 3.08. The molecule has 3 heteroatoms. The van der Waals surface area contributed by atoms with E-state index in [1.165, 1.54) is 0 Å². The molecule has 0 spiro atoms. The third-order valence-corrected chi connectivity index (χ3v) is 2.26. The predicted molar refractivity (Wildman–Crippen MR) is 41.9 cm³/mol. The minimum absolute atomic E-state index is 0.320. The average Bonchev–Trinajstić information content (AvgIpc) is 2.05. The summed E-state index contributed by atoms with van der Waals surface area (Å²) in [5.41, 5.74) is 5.09. The van der Waals surface area contributed by atoms with E-state index in [0.717, 1.165) is 19.3 Å². The summed E-state index contributed by atoms with van der Waals surface area (Å²) in [5.74, 6) is 0.310. The lowest BCUT2D eigenvalue weighted by atomic mass is 9.96. The number of carbonyl (C=O) groups excluding carboxylic acids is 1. The molecule has 64 valence electrons. The molecular formula is C8H15NO2. The van der Waals surface area contributed by atoms with Crippen molar-refractivity contribution in [3.63, 3.8) is 0 Å². The van der Waals surface area contributed by atoms with Gasteiger partial charge in [0.25, 0.3) is 0 Å². The molecule has 2 atom stereocenters. The molecule has 1 aliphatic rings. The quantitative estimate of drug-likeness (QED) is 0.640. The molecule has 3 nitrogen and oxygen atoms in total. The zero-order chi connectivity index (χ0) is 8.27. The van der Waals surface area contributed by atoms with Crippen LogP contribution < -0.4 is 5.73 Å². The molecule has 1 fully saturated rings. The van der Waals surface area contributed by atoms with Crippen LogP contribution in [0, 0.1) is 5.92 Å². The van der Waals surface area contributed by atoms with Gasteiger partial charge in [-0.15, -0.1) is 0 Å². The van der Waals surface area contributed by atoms with Crippen LogP contribution >= 0.6 is 0 Å². The molecule has 0 aromatic rings. The molecule has 1 heterocycles. The van der Waals surface area contributed by atoms with Crippen molar-refractivity contribution in [3.05, 3.63) is 0 Å². The number of hydrogen-bond donors (Lipinski definition) is 1. The molecule has 1 amide bonds. The minimum atomic E-state index is -0.321. The number of amides is 1. The monoisotopic (exact) mass is 157 g/mol. The molecule has 0 saturated carbocycles. The van der Waals surface area contributed by atoms with E-state index < -0.39 is 0 Å². The third-order valence-electron chi connectivity index (χ3n) is 2.26. The van der Waals surface area contributed by atoms with E-state index in [2.05, 4.69) is 6.92 Å². The van der Waals surface area contributed by atoms with Crippen LogP contribution in [0.4, 0.5) is 0 Å². The van der Waals surface area contributed by atoms with Gasteiger partial charge < -0.3 is 10.5 Å². The summed E-state index contributed by atoms with van der Waals surface area (Å²) >= 11 is 0. The van der Waals surface area contributed by atoms with Gasteiger partial charge in [0.1, 0.15) is 6.10 Å². The maximum Gasteiger partial charge on any atom is 0.246 e. The van der Waals surface area contributed by atoms with Gasteiger partial charge in [-0.1, -0.05) is 13.3 Å². The molecule has 2 unspecified atom stereocenters. The topological polar surface area (TPSA) is 52.3 Å². The lowest BCUT2D eigenvalue weighted by Crippen LogP contribution is -2.36. The van der Waals surface area contributed by atoms with Gasteiger partial charge in [0, 0.05) is 0 Å². The molecule has 1 saturated heterocycles. The fraction of sp³-hybridized carbons (Fsp3) is 0.875. The number of primary amides is 1. The second-order valence-electron chi connectivity index (χ2n) is 3.08. The minimum Gasteiger partial charge on any atom is -0.368 e. The van der Waals surface area contributed by atoms with Gasteiger partial charge in [0.05, 0.1) is 6.61 Å². The summed E-state index contributed by atoms with van der Waals surface area (Å²) in [4.78, 5) is 10.6. The van der Waals surface area contributed by atoms with E-state index in [1.54, 1.807) is 0 Å². The highest BCUT2D eigenvalue weighted by Crippen LogP contribution is 2.20. The maximum atomic E-state index is 10.6.